The summed E-state index contributed by atoms with van der Waals surface area (Å²) in [6.45, 7) is 3.37. The largest absolute Gasteiger partial charge is 0.481 e. The standard InChI is InChI=1S/C12H15F2NO3/c1-4-18-9(16)5-8-10(11(13)14)7(2)6-15-12(8)17-3/h6,11H,4-5H2,1-3H3. The number of rotatable bonds is 5. The number of methoxy groups -OCH3 is 1. The van der Waals surface area contributed by atoms with Crippen LogP contribution in [0.25, 0.3) is 0 Å². The van der Waals surface area contributed by atoms with Crippen LogP contribution in [0.15, 0.2) is 6.20 Å². The van der Waals surface area contributed by atoms with E-state index in [4.69, 9.17) is 9.47 Å². The van der Waals surface area contributed by atoms with Crippen molar-refractivity contribution in [1.82, 2.24) is 4.98 Å². The maximum atomic E-state index is 13.0. The quantitative estimate of drug-likeness (QED) is 0.762. The monoisotopic (exact) mass is 259 g/mol. The Morgan fingerprint density at radius 3 is 2.67 bits per heavy atom. The number of aromatic nitrogens is 1. The Morgan fingerprint density at radius 2 is 2.17 bits per heavy atom. The average Bonchev–Trinajstić information content (AvgIpc) is 2.29. The number of hydrogen-bond donors (Lipinski definition) is 0. The summed E-state index contributed by atoms with van der Waals surface area (Å²) in [5.41, 5.74) is 0.200. The Kier molecular flexibility index (Phi) is 5.00. The van der Waals surface area contributed by atoms with E-state index in [0.717, 1.165) is 0 Å². The van der Waals surface area contributed by atoms with Crippen LogP contribution in [0.4, 0.5) is 8.78 Å². The lowest BCUT2D eigenvalue weighted by Crippen LogP contribution is -2.12. The van der Waals surface area contributed by atoms with E-state index in [-0.39, 0.29) is 30.0 Å². The molecule has 4 nitrogen and oxygen atoms in total. The Labute approximate surface area is 104 Å². The third-order valence-corrected chi connectivity index (χ3v) is 2.42. The maximum Gasteiger partial charge on any atom is 0.310 e. The van der Waals surface area contributed by atoms with Gasteiger partial charge in [-0.3, -0.25) is 4.79 Å². The van der Waals surface area contributed by atoms with E-state index in [1.54, 1.807) is 6.92 Å². The fourth-order valence-corrected chi connectivity index (χ4v) is 1.66. The Morgan fingerprint density at radius 1 is 1.50 bits per heavy atom. The summed E-state index contributed by atoms with van der Waals surface area (Å²) in [5.74, 6) is -0.547. The number of carbonyl (C=O) groups is 1. The number of carbonyl (C=O) groups excluding carboxylic acids is 1. The highest BCUT2D eigenvalue weighted by Crippen LogP contribution is 2.31. The van der Waals surface area contributed by atoms with Crippen molar-refractivity contribution in [3.05, 3.63) is 22.9 Å². The van der Waals surface area contributed by atoms with Gasteiger partial charge in [0.25, 0.3) is 6.43 Å². The van der Waals surface area contributed by atoms with Crippen molar-refractivity contribution < 1.29 is 23.0 Å². The second-order valence-electron chi connectivity index (χ2n) is 3.63. The first-order valence-electron chi connectivity index (χ1n) is 5.47. The van der Waals surface area contributed by atoms with Crippen molar-refractivity contribution in [2.24, 2.45) is 0 Å². The topological polar surface area (TPSA) is 48.4 Å². The molecule has 0 N–H and O–H groups in total. The van der Waals surface area contributed by atoms with Crippen LogP contribution in [0.2, 0.25) is 0 Å². The lowest BCUT2D eigenvalue weighted by Gasteiger charge is -2.14. The zero-order valence-corrected chi connectivity index (χ0v) is 10.5. The third kappa shape index (κ3) is 3.15. The minimum absolute atomic E-state index is 0.0314. The Balaban J connectivity index is 3.19. The Bertz CT molecular complexity index is 436. The van der Waals surface area contributed by atoms with Gasteiger partial charge in [-0.1, -0.05) is 0 Å². The first-order valence-corrected chi connectivity index (χ1v) is 5.47. The van der Waals surface area contributed by atoms with Crippen molar-refractivity contribution in [2.45, 2.75) is 26.7 Å². The van der Waals surface area contributed by atoms with Gasteiger partial charge in [-0.25, -0.2) is 13.8 Å². The zero-order chi connectivity index (χ0) is 13.7. The van der Waals surface area contributed by atoms with Crippen molar-refractivity contribution in [3.63, 3.8) is 0 Å². The molecule has 0 aromatic carbocycles. The van der Waals surface area contributed by atoms with Gasteiger partial charge in [0.1, 0.15) is 0 Å². The highest BCUT2D eigenvalue weighted by Gasteiger charge is 2.23. The average molecular weight is 259 g/mol. The minimum Gasteiger partial charge on any atom is -0.481 e. The van der Waals surface area contributed by atoms with Crippen LogP contribution in [0.1, 0.15) is 30.0 Å². The van der Waals surface area contributed by atoms with Gasteiger partial charge in [0.05, 0.1) is 20.1 Å². The highest BCUT2D eigenvalue weighted by molar-refractivity contribution is 5.74. The summed E-state index contributed by atoms with van der Waals surface area (Å²) < 4.78 is 35.7. The van der Waals surface area contributed by atoms with E-state index in [1.807, 2.05) is 0 Å². The molecule has 0 atom stereocenters. The molecule has 0 spiro atoms. The fraction of sp³-hybridized carbons (Fsp3) is 0.500. The van der Waals surface area contributed by atoms with Gasteiger partial charge in [0, 0.05) is 17.3 Å². The molecule has 0 saturated heterocycles. The maximum absolute atomic E-state index is 13.0. The lowest BCUT2D eigenvalue weighted by molar-refractivity contribution is -0.142. The molecule has 0 unspecified atom stereocenters. The van der Waals surface area contributed by atoms with E-state index >= 15 is 0 Å². The van der Waals surface area contributed by atoms with E-state index in [1.165, 1.54) is 20.2 Å². The van der Waals surface area contributed by atoms with Gasteiger partial charge in [0.15, 0.2) is 0 Å². The molecular weight excluding hydrogens is 244 g/mol. The molecule has 18 heavy (non-hydrogen) atoms. The van der Waals surface area contributed by atoms with Crippen LogP contribution in [0.3, 0.4) is 0 Å². The normalized spacial score (nSPS) is 10.6. The summed E-state index contributed by atoms with van der Waals surface area (Å²) >= 11 is 0. The smallest absolute Gasteiger partial charge is 0.310 e. The second kappa shape index (κ2) is 6.28. The lowest BCUT2D eigenvalue weighted by atomic mass is 10.0. The number of esters is 1. The van der Waals surface area contributed by atoms with Gasteiger partial charge >= 0.3 is 5.97 Å². The molecule has 1 rings (SSSR count). The fourth-order valence-electron chi connectivity index (χ4n) is 1.66. The van der Waals surface area contributed by atoms with Crippen LogP contribution in [0.5, 0.6) is 5.88 Å². The minimum atomic E-state index is -2.69. The van der Waals surface area contributed by atoms with Crippen LogP contribution < -0.4 is 4.74 Å². The molecule has 100 valence electrons. The van der Waals surface area contributed by atoms with Gasteiger partial charge in [0.2, 0.25) is 5.88 Å². The number of aryl methyl sites for hydroxylation is 1. The van der Waals surface area contributed by atoms with Crippen molar-refractivity contribution in [3.8, 4) is 5.88 Å². The van der Waals surface area contributed by atoms with E-state index in [9.17, 15) is 13.6 Å². The van der Waals surface area contributed by atoms with Crippen molar-refractivity contribution in [1.29, 1.82) is 0 Å². The van der Waals surface area contributed by atoms with Crippen LogP contribution in [-0.4, -0.2) is 24.7 Å². The van der Waals surface area contributed by atoms with Crippen LogP contribution in [0, 0.1) is 6.92 Å². The molecular formula is C12H15F2NO3. The number of hydrogen-bond acceptors (Lipinski definition) is 4. The van der Waals surface area contributed by atoms with Crippen LogP contribution >= 0.6 is 0 Å². The first kappa shape index (κ1) is 14.3. The van der Waals surface area contributed by atoms with E-state index in [0.29, 0.717) is 5.56 Å². The zero-order valence-electron chi connectivity index (χ0n) is 10.5. The predicted octanol–water partition coefficient (Wildman–Crippen LogP) is 2.44. The summed E-state index contributed by atoms with van der Waals surface area (Å²) in [7, 11) is 1.32. The molecule has 0 aliphatic rings. The molecule has 1 aromatic rings. The number of alkyl halides is 2. The van der Waals surface area contributed by atoms with E-state index < -0.39 is 12.4 Å². The molecule has 1 aromatic heterocycles. The summed E-state index contributed by atoms with van der Waals surface area (Å²) in [5, 5.41) is 0. The predicted molar refractivity (Wildman–Crippen MR) is 60.8 cm³/mol. The number of halogens is 2. The summed E-state index contributed by atoms with van der Waals surface area (Å²) in [4.78, 5) is 15.3. The number of nitrogens with zero attached hydrogens (tertiary/aromatic N) is 1. The molecule has 0 aliphatic heterocycles. The highest BCUT2D eigenvalue weighted by atomic mass is 19.3. The molecule has 0 aliphatic carbocycles. The van der Waals surface area contributed by atoms with Gasteiger partial charge in [-0.15, -0.1) is 0 Å². The third-order valence-electron chi connectivity index (χ3n) is 2.42. The molecule has 0 radical (unpaired) electrons. The van der Waals surface area contributed by atoms with Gasteiger partial charge in [-0.2, -0.15) is 0 Å². The SMILES string of the molecule is CCOC(=O)Cc1c(OC)ncc(C)c1C(F)F. The number of ether oxygens (including phenoxy) is 2. The summed E-state index contributed by atoms with van der Waals surface area (Å²) in [6, 6.07) is 0. The molecule has 0 saturated carbocycles. The molecule has 0 fully saturated rings. The van der Waals surface area contributed by atoms with E-state index in [2.05, 4.69) is 4.98 Å². The number of pyridine rings is 1. The Hall–Kier alpha value is -1.72. The second-order valence-corrected chi connectivity index (χ2v) is 3.63. The molecule has 1 heterocycles. The van der Waals surface area contributed by atoms with Gasteiger partial charge in [-0.05, 0) is 19.4 Å². The van der Waals surface area contributed by atoms with Crippen molar-refractivity contribution >= 4 is 5.97 Å². The molecule has 0 amide bonds. The molecule has 6 heteroatoms. The van der Waals surface area contributed by atoms with Gasteiger partial charge < -0.3 is 9.47 Å². The molecule has 0 bridgehead atoms. The van der Waals surface area contributed by atoms with Crippen LogP contribution in [-0.2, 0) is 16.0 Å². The summed E-state index contributed by atoms with van der Waals surface area (Å²) in [6.07, 6.45) is -1.66. The first-order chi connectivity index (χ1) is 8.51. The van der Waals surface area contributed by atoms with Crippen molar-refractivity contribution in [2.75, 3.05) is 13.7 Å².